The van der Waals surface area contributed by atoms with E-state index in [1.165, 1.54) is 21.6 Å². The Morgan fingerprint density at radius 2 is 2.06 bits per heavy atom. The van der Waals surface area contributed by atoms with Gasteiger partial charge in [-0.1, -0.05) is 18.2 Å². The standard InChI is InChI=1S/C14H17BrN2S/c1-9-4-3-5-12(10(9)2)13(17-16)8-11-6-7-14(15)18-11/h3-7,13,17H,8,16H2,1-2H3. The first-order valence-corrected chi connectivity index (χ1v) is 7.49. The maximum atomic E-state index is 5.72. The first-order chi connectivity index (χ1) is 8.61. The molecule has 0 aliphatic heterocycles. The first-order valence-electron chi connectivity index (χ1n) is 5.88. The van der Waals surface area contributed by atoms with Crippen LogP contribution in [0, 0.1) is 13.8 Å². The Morgan fingerprint density at radius 3 is 2.67 bits per heavy atom. The second-order valence-electron chi connectivity index (χ2n) is 4.42. The molecule has 0 aliphatic carbocycles. The molecule has 1 atom stereocenters. The van der Waals surface area contributed by atoms with E-state index in [2.05, 4.69) is 65.5 Å². The van der Waals surface area contributed by atoms with Crippen molar-refractivity contribution < 1.29 is 0 Å². The molecule has 4 heteroatoms. The van der Waals surface area contributed by atoms with Crippen LogP contribution in [-0.4, -0.2) is 0 Å². The molecule has 1 aromatic heterocycles. The quantitative estimate of drug-likeness (QED) is 0.661. The summed E-state index contributed by atoms with van der Waals surface area (Å²) < 4.78 is 1.16. The number of hydrogen-bond donors (Lipinski definition) is 2. The summed E-state index contributed by atoms with van der Waals surface area (Å²) in [5.74, 6) is 5.72. The number of thiophene rings is 1. The van der Waals surface area contributed by atoms with E-state index in [-0.39, 0.29) is 6.04 Å². The Hall–Kier alpha value is -0.680. The van der Waals surface area contributed by atoms with Gasteiger partial charge in [-0.3, -0.25) is 11.3 Å². The Bertz CT molecular complexity index is 536. The van der Waals surface area contributed by atoms with Crippen LogP contribution in [0.15, 0.2) is 34.1 Å². The Morgan fingerprint density at radius 1 is 1.28 bits per heavy atom. The summed E-state index contributed by atoms with van der Waals surface area (Å²) in [5.41, 5.74) is 6.84. The SMILES string of the molecule is Cc1cccc(C(Cc2ccc(Br)s2)NN)c1C. The number of benzene rings is 1. The van der Waals surface area contributed by atoms with Crippen molar-refractivity contribution in [2.24, 2.45) is 5.84 Å². The molecule has 2 nitrogen and oxygen atoms in total. The summed E-state index contributed by atoms with van der Waals surface area (Å²) in [5, 5.41) is 0. The zero-order valence-corrected chi connectivity index (χ0v) is 12.9. The predicted molar refractivity (Wildman–Crippen MR) is 81.7 cm³/mol. The fourth-order valence-corrected chi connectivity index (χ4v) is 3.60. The van der Waals surface area contributed by atoms with Gasteiger partial charge in [0.15, 0.2) is 0 Å². The lowest BCUT2D eigenvalue weighted by Crippen LogP contribution is -2.30. The molecule has 0 radical (unpaired) electrons. The number of rotatable bonds is 4. The average molecular weight is 325 g/mol. The molecular formula is C14H17BrN2S. The topological polar surface area (TPSA) is 38.0 Å². The van der Waals surface area contributed by atoms with E-state index >= 15 is 0 Å². The fraction of sp³-hybridized carbons (Fsp3) is 0.286. The Balaban J connectivity index is 2.25. The van der Waals surface area contributed by atoms with E-state index < -0.39 is 0 Å². The number of nitrogens with one attached hydrogen (secondary N) is 1. The minimum Gasteiger partial charge on any atom is -0.271 e. The summed E-state index contributed by atoms with van der Waals surface area (Å²) in [4.78, 5) is 1.32. The van der Waals surface area contributed by atoms with Gasteiger partial charge in [0.05, 0.1) is 9.83 Å². The van der Waals surface area contributed by atoms with Gasteiger partial charge in [-0.2, -0.15) is 0 Å². The van der Waals surface area contributed by atoms with Crippen molar-refractivity contribution in [3.05, 3.63) is 55.7 Å². The summed E-state index contributed by atoms with van der Waals surface area (Å²) in [6.45, 7) is 4.29. The summed E-state index contributed by atoms with van der Waals surface area (Å²) in [6, 6.07) is 10.8. The highest BCUT2D eigenvalue weighted by atomic mass is 79.9. The van der Waals surface area contributed by atoms with Crippen LogP contribution >= 0.6 is 27.3 Å². The smallest absolute Gasteiger partial charge is 0.0701 e. The molecule has 1 unspecified atom stereocenters. The van der Waals surface area contributed by atoms with Gasteiger partial charge >= 0.3 is 0 Å². The highest BCUT2D eigenvalue weighted by molar-refractivity contribution is 9.11. The average Bonchev–Trinajstić information content (AvgIpc) is 2.76. The molecule has 0 aliphatic rings. The second-order valence-corrected chi connectivity index (χ2v) is 6.97. The molecule has 1 aromatic carbocycles. The maximum absolute atomic E-state index is 5.72. The lowest BCUT2D eigenvalue weighted by Gasteiger charge is -2.19. The Kier molecular flexibility index (Phi) is 4.56. The van der Waals surface area contributed by atoms with Crippen molar-refractivity contribution in [3.63, 3.8) is 0 Å². The summed E-state index contributed by atoms with van der Waals surface area (Å²) in [6.07, 6.45) is 0.914. The van der Waals surface area contributed by atoms with Crippen LogP contribution in [-0.2, 0) is 6.42 Å². The van der Waals surface area contributed by atoms with Gasteiger partial charge in [0.2, 0.25) is 0 Å². The van der Waals surface area contributed by atoms with Crippen molar-refractivity contribution in [1.29, 1.82) is 0 Å². The zero-order chi connectivity index (χ0) is 13.1. The lowest BCUT2D eigenvalue weighted by atomic mass is 9.95. The minimum absolute atomic E-state index is 0.162. The van der Waals surface area contributed by atoms with E-state index in [1.807, 2.05) is 0 Å². The van der Waals surface area contributed by atoms with Crippen molar-refractivity contribution in [2.75, 3.05) is 0 Å². The first kappa shape index (κ1) is 13.7. The largest absolute Gasteiger partial charge is 0.271 e. The van der Waals surface area contributed by atoms with Gasteiger partial charge in [0, 0.05) is 11.3 Å². The van der Waals surface area contributed by atoms with Gasteiger partial charge in [-0.25, -0.2) is 0 Å². The van der Waals surface area contributed by atoms with Crippen molar-refractivity contribution in [1.82, 2.24) is 5.43 Å². The normalized spacial score (nSPS) is 12.7. The molecule has 0 saturated carbocycles. The molecule has 18 heavy (non-hydrogen) atoms. The zero-order valence-electron chi connectivity index (χ0n) is 10.5. The molecule has 0 spiro atoms. The summed E-state index contributed by atoms with van der Waals surface area (Å²) in [7, 11) is 0. The highest BCUT2D eigenvalue weighted by Crippen LogP contribution is 2.28. The molecule has 0 amide bonds. The van der Waals surface area contributed by atoms with Gasteiger partial charge in [0.1, 0.15) is 0 Å². The van der Waals surface area contributed by atoms with Crippen molar-refractivity contribution >= 4 is 27.3 Å². The Labute approximate surface area is 120 Å². The van der Waals surface area contributed by atoms with E-state index in [1.54, 1.807) is 11.3 Å². The maximum Gasteiger partial charge on any atom is 0.0701 e. The number of hydrazine groups is 1. The molecular weight excluding hydrogens is 308 g/mol. The highest BCUT2D eigenvalue weighted by Gasteiger charge is 2.14. The van der Waals surface area contributed by atoms with Gasteiger partial charge < -0.3 is 0 Å². The van der Waals surface area contributed by atoms with E-state index in [9.17, 15) is 0 Å². The number of hydrogen-bond acceptors (Lipinski definition) is 3. The minimum atomic E-state index is 0.162. The van der Waals surface area contributed by atoms with Gasteiger partial charge in [-0.15, -0.1) is 11.3 Å². The molecule has 2 rings (SSSR count). The predicted octanol–water partition coefficient (Wildman–Crippen LogP) is 3.87. The third-order valence-corrected chi connectivity index (χ3v) is 4.90. The second kappa shape index (κ2) is 5.97. The van der Waals surface area contributed by atoms with Gasteiger partial charge in [-0.05, 0) is 58.6 Å². The molecule has 3 N–H and O–H groups in total. The third-order valence-electron chi connectivity index (χ3n) is 3.26. The number of aryl methyl sites for hydroxylation is 1. The molecule has 0 fully saturated rings. The van der Waals surface area contributed by atoms with Crippen LogP contribution in [0.1, 0.15) is 27.6 Å². The van der Waals surface area contributed by atoms with Crippen LogP contribution in [0.2, 0.25) is 0 Å². The van der Waals surface area contributed by atoms with Gasteiger partial charge in [0.25, 0.3) is 0 Å². The molecule has 1 heterocycles. The molecule has 96 valence electrons. The number of halogens is 1. The van der Waals surface area contributed by atoms with E-state index in [0.717, 1.165) is 10.2 Å². The third kappa shape index (κ3) is 3.01. The number of nitrogens with two attached hydrogens (primary N) is 1. The summed E-state index contributed by atoms with van der Waals surface area (Å²) >= 11 is 5.25. The van der Waals surface area contributed by atoms with Crippen LogP contribution in [0.25, 0.3) is 0 Å². The van der Waals surface area contributed by atoms with Crippen LogP contribution in [0.4, 0.5) is 0 Å². The fourth-order valence-electron chi connectivity index (χ4n) is 2.07. The molecule has 2 aromatic rings. The van der Waals surface area contributed by atoms with E-state index in [4.69, 9.17) is 5.84 Å². The lowest BCUT2D eigenvalue weighted by molar-refractivity contribution is 0.552. The van der Waals surface area contributed by atoms with Crippen molar-refractivity contribution in [3.8, 4) is 0 Å². The van der Waals surface area contributed by atoms with Crippen LogP contribution in [0.5, 0.6) is 0 Å². The van der Waals surface area contributed by atoms with Crippen molar-refractivity contribution in [2.45, 2.75) is 26.3 Å². The van der Waals surface area contributed by atoms with Crippen LogP contribution in [0.3, 0.4) is 0 Å². The molecule has 0 saturated heterocycles. The van der Waals surface area contributed by atoms with Crippen LogP contribution < -0.4 is 11.3 Å². The van der Waals surface area contributed by atoms with E-state index in [0.29, 0.717) is 0 Å². The molecule has 0 bridgehead atoms. The monoisotopic (exact) mass is 324 g/mol.